The van der Waals surface area contributed by atoms with E-state index >= 15 is 0 Å². The molecule has 0 fully saturated rings. The number of carbonyl (C=O) groups excluding carboxylic acids is 1. The van der Waals surface area contributed by atoms with E-state index in [1.54, 1.807) is 6.92 Å². The Morgan fingerprint density at radius 1 is 1.24 bits per heavy atom. The van der Waals surface area contributed by atoms with Crippen molar-refractivity contribution < 1.29 is 22.4 Å². The molecule has 3 aromatic rings. The molecule has 0 saturated carbocycles. The first-order valence-electron chi connectivity index (χ1n) is 10.8. The largest absolute Gasteiger partial charge is 0.416 e. The van der Waals surface area contributed by atoms with Crippen LogP contribution in [0.25, 0.3) is 5.95 Å². The second-order valence-electron chi connectivity index (χ2n) is 8.25. The summed E-state index contributed by atoms with van der Waals surface area (Å²) in [5, 5.41) is 7.06. The summed E-state index contributed by atoms with van der Waals surface area (Å²) in [6.07, 6.45) is -0.479. The number of halogens is 4. The fraction of sp³-hybridized carbons (Fsp3) is 0.391. The van der Waals surface area contributed by atoms with Gasteiger partial charge in [-0.2, -0.15) is 23.3 Å². The van der Waals surface area contributed by atoms with E-state index in [1.807, 2.05) is 6.92 Å². The first-order valence-corrected chi connectivity index (χ1v) is 10.8. The highest BCUT2D eigenvalue weighted by Gasteiger charge is 2.30. The van der Waals surface area contributed by atoms with Crippen molar-refractivity contribution in [1.29, 1.82) is 0 Å². The third-order valence-electron chi connectivity index (χ3n) is 5.71. The van der Waals surface area contributed by atoms with Crippen LogP contribution < -0.4 is 11.1 Å². The molecular weight excluding hydrogens is 452 g/mol. The van der Waals surface area contributed by atoms with Gasteiger partial charge < -0.3 is 11.1 Å². The van der Waals surface area contributed by atoms with Crippen LogP contribution in [0.3, 0.4) is 0 Å². The smallest absolute Gasteiger partial charge is 0.381 e. The lowest BCUT2D eigenvalue weighted by Crippen LogP contribution is -2.29. The number of carbonyl (C=O) groups is 1. The van der Waals surface area contributed by atoms with Crippen LogP contribution >= 0.6 is 0 Å². The van der Waals surface area contributed by atoms with E-state index in [1.165, 1.54) is 23.0 Å². The molecule has 0 bridgehead atoms. The van der Waals surface area contributed by atoms with Crippen LogP contribution in [0.1, 0.15) is 59.8 Å². The van der Waals surface area contributed by atoms with Crippen LogP contribution in [-0.2, 0) is 6.18 Å². The minimum atomic E-state index is -4.41. The van der Waals surface area contributed by atoms with Crippen LogP contribution in [-0.4, -0.2) is 32.2 Å². The van der Waals surface area contributed by atoms with Gasteiger partial charge in [-0.1, -0.05) is 32.4 Å². The highest BCUT2D eigenvalue weighted by molar-refractivity contribution is 5.95. The van der Waals surface area contributed by atoms with Crippen molar-refractivity contribution in [2.45, 2.75) is 45.7 Å². The van der Waals surface area contributed by atoms with Crippen LogP contribution in [0.15, 0.2) is 36.7 Å². The SMILES string of the molecule is CCC(C)CC(CNC(=O)c1cn(-c2ncc(F)c(N)n2)nc1C)c1ccc(C(F)(F)F)cc1. The van der Waals surface area contributed by atoms with Crippen molar-refractivity contribution in [1.82, 2.24) is 25.1 Å². The summed E-state index contributed by atoms with van der Waals surface area (Å²) in [6.45, 7) is 5.96. The van der Waals surface area contributed by atoms with Gasteiger partial charge in [-0.25, -0.2) is 14.1 Å². The summed E-state index contributed by atoms with van der Waals surface area (Å²) in [6, 6.07) is 5.04. The maximum absolute atomic E-state index is 13.3. The zero-order chi connectivity index (χ0) is 25.0. The van der Waals surface area contributed by atoms with Gasteiger partial charge in [-0.15, -0.1) is 0 Å². The maximum atomic E-state index is 13.3. The number of hydrogen-bond donors (Lipinski definition) is 2. The zero-order valence-electron chi connectivity index (χ0n) is 19.0. The van der Waals surface area contributed by atoms with E-state index in [0.29, 0.717) is 18.0 Å². The fourth-order valence-electron chi connectivity index (χ4n) is 3.51. The number of amides is 1. The Kier molecular flexibility index (Phi) is 7.53. The van der Waals surface area contributed by atoms with Crippen LogP contribution in [0.5, 0.6) is 0 Å². The Balaban J connectivity index is 1.76. The van der Waals surface area contributed by atoms with Crippen molar-refractivity contribution in [3.05, 3.63) is 64.9 Å². The molecule has 2 atom stereocenters. The van der Waals surface area contributed by atoms with E-state index in [2.05, 4.69) is 27.3 Å². The van der Waals surface area contributed by atoms with Crippen LogP contribution in [0, 0.1) is 18.7 Å². The Hall–Kier alpha value is -3.50. The molecule has 0 radical (unpaired) electrons. The fourth-order valence-corrected chi connectivity index (χ4v) is 3.51. The second kappa shape index (κ2) is 10.2. The van der Waals surface area contributed by atoms with E-state index in [4.69, 9.17) is 5.73 Å². The number of benzene rings is 1. The Morgan fingerprint density at radius 3 is 2.50 bits per heavy atom. The Morgan fingerprint density at radius 2 is 1.91 bits per heavy atom. The monoisotopic (exact) mass is 478 g/mol. The molecule has 0 saturated heterocycles. The number of aryl methyl sites for hydroxylation is 1. The molecule has 0 aliphatic heterocycles. The normalized spacial score (nSPS) is 13.5. The average Bonchev–Trinajstić information content (AvgIpc) is 3.19. The lowest BCUT2D eigenvalue weighted by Gasteiger charge is -2.22. The molecule has 0 spiro atoms. The van der Waals surface area contributed by atoms with Crippen molar-refractivity contribution in [2.24, 2.45) is 5.92 Å². The van der Waals surface area contributed by atoms with Crippen molar-refractivity contribution in [3.8, 4) is 5.95 Å². The lowest BCUT2D eigenvalue weighted by atomic mass is 9.88. The molecule has 1 amide bonds. The second-order valence-corrected chi connectivity index (χ2v) is 8.25. The maximum Gasteiger partial charge on any atom is 0.416 e. The summed E-state index contributed by atoms with van der Waals surface area (Å²) in [5.74, 6) is -1.35. The van der Waals surface area contributed by atoms with Gasteiger partial charge >= 0.3 is 6.18 Å². The van der Waals surface area contributed by atoms with Crippen LogP contribution in [0.2, 0.25) is 0 Å². The van der Waals surface area contributed by atoms with Gasteiger partial charge in [-0.3, -0.25) is 4.79 Å². The summed E-state index contributed by atoms with van der Waals surface area (Å²) >= 11 is 0. The van der Waals surface area contributed by atoms with Gasteiger partial charge in [0.15, 0.2) is 11.6 Å². The molecule has 2 aromatic heterocycles. The number of rotatable bonds is 8. The molecule has 182 valence electrons. The van der Waals surface area contributed by atoms with Gasteiger partial charge in [0.1, 0.15) is 0 Å². The third kappa shape index (κ3) is 5.89. The van der Waals surface area contributed by atoms with Crippen LogP contribution in [0.4, 0.5) is 23.4 Å². The molecule has 3 rings (SSSR count). The summed E-state index contributed by atoms with van der Waals surface area (Å²) in [7, 11) is 0. The van der Waals surface area contributed by atoms with Gasteiger partial charge in [0.05, 0.1) is 23.0 Å². The third-order valence-corrected chi connectivity index (χ3v) is 5.71. The van der Waals surface area contributed by atoms with Gasteiger partial charge in [0.25, 0.3) is 11.9 Å². The molecule has 2 unspecified atom stereocenters. The number of nitrogen functional groups attached to an aromatic ring is 1. The number of nitrogens with two attached hydrogens (primary N) is 1. The van der Waals surface area contributed by atoms with E-state index in [0.717, 1.165) is 30.3 Å². The van der Waals surface area contributed by atoms with Gasteiger partial charge in [0, 0.05) is 18.7 Å². The minimum Gasteiger partial charge on any atom is -0.381 e. The summed E-state index contributed by atoms with van der Waals surface area (Å²) in [5.41, 5.74) is 6.14. The van der Waals surface area contributed by atoms with Crippen molar-refractivity contribution in [3.63, 3.8) is 0 Å². The molecule has 0 aliphatic carbocycles. The standard InChI is InChI=1S/C23H26F4N6O/c1-4-13(2)9-16(15-5-7-17(8-6-15)23(25,26)27)10-29-21(34)18-12-33(32-14(18)3)22-30-11-19(24)20(28)31-22/h5-8,11-13,16H,4,9-10H2,1-3H3,(H,29,34)(H2,28,30,31). The van der Waals surface area contributed by atoms with E-state index < -0.39 is 23.5 Å². The number of anilines is 1. The van der Waals surface area contributed by atoms with E-state index in [-0.39, 0.29) is 29.8 Å². The number of nitrogens with one attached hydrogen (secondary N) is 1. The zero-order valence-corrected chi connectivity index (χ0v) is 19.0. The number of aromatic nitrogens is 4. The molecule has 11 heteroatoms. The van der Waals surface area contributed by atoms with Crippen molar-refractivity contribution in [2.75, 3.05) is 12.3 Å². The Bertz CT molecular complexity index is 1140. The number of hydrogen-bond acceptors (Lipinski definition) is 5. The highest BCUT2D eigenvalue weighted by Crippen LogP contribution is 2.31. The predicted molar refractivity (Wildman–Crippen MR) is 119 cm³/mol. The Labute approximate surface area is 194 Å². The first-order chi connectivity index (χ1) is 16.0. The first kappa shape index (κ1) is 25.1. The molecule has 1 aromatic carbocycles. The predicted octanol–water partition coefficient (Wildman–Crippen LogP) is 4.66. The quantitative estimate of drug-likeness (QED) is 0.459. The molecule has 0 aliphatic rings. The summed E-state index contributed by atoms with van der Waals surface area (Å²) in [4.78, 5) is 20.5. The van der Waals surface area contributed by atoms with Gasteiger partial charge in [0.2, 0.25) is 0 Å². The summed E-state index contributed by atoms with van der Waals surface area (Å²) < 4.78 is 53.4. The molecular formula is C23H26F4N6O. The molecule has 34 heavy (non-hydrogen) atoms. The van der Waals surface area contributed by atoms with Crippen molar-refractivity contribution >= 4 is 11.7 Å². The van der Waals surface area contributed by atoms with E-state index in [9.17, 15) is 22.4 Å². The lowest BCUT2D eigenvalue weighted by molar-refractivity contribution is -0.137. The number of alkyl halides is 3. The molecule has 7 nitrogen and oxygen atoms in total. The van der Waals surface area contributed by atoms with Gasteiger partial charge in [-0.05, 0) is 37.0 Å². The highest BCUT2D eigenvalue weighted by atomic mass is 19.4. The molecule has 2 heterocycles. The number of nitrogens with zero attached hydrogens (tertiary/aromatic N) is 4. The topological polar surface area (TPSA) is 98.7 Å². The molecule has 3 N–H and O–H groups in total. The minimum absolute atomic E-state index is 0.0143. The average molecular weight is 478 g/mol.